The van der Waals surface area contributed by atoms with Gasteiger partial charge in [0.2, 0.25) is 5.91 Å². The summed E-state index contributed by atoms with van der Waals surface area (Å²) in [5.41, 5.74) is 0.789. The van der Waals surface area contributed by atoms with E-state index in [9.17, 15) is 4.79 Å². The zero-order chi connectivity index (χ0) is 19.2. The van der Waals surface area contributed by atoms with E-state index < -0.39 is 0 Å². The lowest BCUT2D eigenvalue weighted by molar-refractivity contribution is -0.120. The molecule has 0 spiro atoms. The SMILES string of the molecule is CCSc1nc(NC(C)C)c2cnn(CCNC(=O)Cc3cccs3)c2n1. The topological polar surface area (TPSA) is 84.7 Å². The molecule has 0 aliphatic rings. The normalized spacial score (nSPS) is 11.3. The number of thiophene rings is 1. The molecule has 27 heavy (non-hydrogen) atoms. The minimum Gasteiger partial charge on any atom is -0.367 e. The summed E-state index contributed by atoms with van der Waals surface area (Å²) in [6.45, 7) is 7.30. The number of hydrogen-bond donors (Lipinski definition) is 2. The molecule has 3 rings (SSSR count). The molecule has 0 saturated carbocycles. The molecule has 0 aromatic carbocycles. The predicted octanol–water partition coefficient (Wildman–Crippen LogP) is 3.18. The lowest BCUT2D eigenvalue weighted by atomic mass is 10.3. The summed E-state index contributed by atoms with van der Waals surface area (Å²) in [4.78, 5) is 22.4. The number of anilines is 1. The highest BCUT2D eigenvalue weighted by Crippen LogP contribution is 2.24. The van der Waals surface area contributed by atoms with E-state index in [1.165, 1.54) is 0 Å². The van der Waals surface area contributed by atoms with E-state index in [2.05, 4.69) is 46.5 Å². The van der Waals surface area contributed by atoms with Crippen LogP contribution in [0.1, 0.15) is 25.6 Å². The molecule has 0 aliphatic heterocycles. The molecule has 7 nitrogen and oxygen atoms in total. The number of rotatable bonds is 9. The van der Waals surface area contributed by atoms with Gasteiger partial charge in [0.05, 0.1) is 24.5 Å². The fourth-order valence-electron chi connectivity index (χ4n) is 2.61. The zero-order valence-electron chi connectivity index (χ0n) is 15.7. The first-order chi connectivity index (χ1) is 13.1. The number of thioether (sulfide) groups is 1. The van der Waals surface area contributed by atoms with Crippen molar-refractivity contribution in [3.05, 3.63) is 28.6 Å². The Balaban J connectivity index is 1.70. The van der Waals surface area contributed by atoms with E-state index in [0.717, 1.165) is 32.6 Å². The summed E-state index contributed by atoms with van der Waals surface area (Å²) in [5.74, 6) is 1.73. The lowest BCUT2D eigenvalue weighted by Crippen LogP contribution is -2.28. The van der Waals surface area contributed by atoms with Gasteiger partial charge in [0.1, 0.15) is 5.82 Å². The maximum Gasteiger partial charge on any atom is 0.225 e. The highest BCUT2D eigenvalue weighted by Gasteiger charge is 2.14. The van der Waals surface area contributed by atoms with Crippen LogP contribution in [-0.4, -0.2) is 44.0 Å². The van der Waals surface area contributed by atoms with Crippen molar-refractivity contribution in [1.82, 2.24) is 25.1 Å². The maximum absolute atomic E-state index is 12.0. The van der Waals surface area contributed by atoms with Crippen LogP contribution in [-0.2, 0) is 17.8 Å². The molecule has 0 atom stereocenters. The van der Waals surface area contributed by atoms with Gasteiger partial charge in [-0.1, -0.05) is 24.8 Å². The predicted molar refractivity (Wildman–Crippen MR) is 112 cm³/mol. The van der Waals surface area contributed by atoms with Gasteiger partial charge in [-0.25, -0.2) is 14.6 Å². The van der Waals surface area contributed by atoms with Gasteiger partial charge >= 0.3 is 0 Å². The number of amides is 1. The Morgan fingerprint density at radius 3 is 2.93 bits per heavy atom. The number of hydrogen-bond acceptors (Lipinski definition) is 7. The molecule has 1 amide bonds. The van der Waals surface area contributed by atoms with Gasteiger partial charge in [-0.2, -0.15) is 5.10 Å². The zero-order valence-corrected chi connectivity index (χ0v) is 17.4. The van der Waals surface area contributed by atoms with Crippen molar-refractivity contribution in [2.75, 3.05) is 17.6 Å². The minimum absolute atomic E-state index is 0.0212. The second-order valence-corrected chi connectivity index (χ2v) is 8.56. The van der Waals surface area contributed by atoms with Crippen molar-refractivity contribution in [2.24, 2.45) is 0 Å². The van der Waals surface area contributed by atoms with Crippen molar-refractivity contribution in [3.8, 4) is 0 Å². The van der Waals surface area contributed by atoms with Crippen LogP contribution in [0.5, 0.6) is 0 Å². The van der Waals surface area contributed by atoms with E-state index in [1.807, 2.05) is 22.2 Å². The smallest absolute Gasteiger partial charge is 0.225 e. The third-order valence-corrected chi connectivity index (χ3v) is 5.34. The number of nitrogens with one attached hydrogen (secondary N) is 2. The monoisotopic (exact) mass is 404 g/mol. The van der Waals surface area contributed by atoms with Crippen molar-refractivity contribution in [3.63, 3.8) is 0 Å². The number of aromatic nitrogens is 4. The number of carbonyl (C=O) groups excluding carboxylic acids is 1. The molecular formula is C18H24N6OS2. The summed E-state index contributed by atoms with van der Waals surface area (Å²) < 4.78 is 1.83. The van der Waals surface area contributed by atoms with E-state index in [4.69, 9.17) is 0 Å². The summed E-state index contributed by atoms with van der Waals surface area (Å²) in [6, 6.07) is 4.19. The van der Waals surface area contributed by atoms with Gasteiger partial charge in [-0.3, -0.25) is 4.79 Å². The molecule has 0 radical (unpaired) electrons. The molecule has 144 valence electrons. The van der Waals surface area contributed by atoms with Crippen LogP contribution in [0.3, 0.4) is 0 Å². The van der Waals surface area contributed by atoms with Crippen LogP contribution in [0, 0.1) is 0 Å². The maximum atomic E-state index is 12.0. The molecule has 0 saturated heterocycles. The van der Waals surface area contributed by atoms with Crippen LogP contribution in [0.4, 0.5) is 5.82 Å². The second-order valence-electron chi connectivity index (χ2n) is 6.30. The van der Waals surface area contributed by atoms with Crippen molar-refractivity contribution in [2.45, 2.75) is 44.9 Å². The van der Waals surface area contributed by atoms with Crippen molar-refractivity contribution >= 4 is 45.9 Å². The van der Waals surface area contributed by atoms with E-state index in [1.54, 1.807) is 29.3 Å². The Bertz CT molecular complexity index is 891. The van der Waals surface area contributed by atoms with Crippen LogP contribution in [0.15, 0.2) is 28.9 Å². The highest BCUT2D eigenvalue weighted by atomic mass is 32.2. The van der Waals surface area contributed by atoms with Gasteiger partial charge in [-0.15, -0.1) is 11.3 Å². The van der Waals surface area contributed by atoms with Crippen molar-refractivity contribution in [1.29, 1.82) is 0 Å². The number of carbonyl (C=O) groups is 1. The van der Waals surface area contributed by atoms with E-state index in [0.29, 0.717) is 19.5 Å². The fraction of sp³-hybridized carbons (Fsp3) is 0.444. The first-order valence-corrected chi connectivity index (χ1v) is 10.8. The molecule has 0 aliphatic carbocycles. The summed E-state index contributed by atoms with van der Waals surface area (Å²) in [6.07, 6.45) is 2.20. The molecule has 3 heterocycles. The quantitative estimate of drug-likeness (QED) is 0.421. The van der Waals surface area contributed by atoms with Gasteiger partial charge < -0.3 is 10.6 Å². The highest BCUT2D eigenvalue weighted by molar-refractivity contribution is 7.99. The minimum atomic E-state index is 0.0212. The Labute approximate surface area is 167 Å². The third kappa shape index (κ3) is 5.20. The molecule has 3 aromatic heterocycles. The fourth-order valence-corrected chi connectivity index (χ4v) is 3.88. The Morgan fingerprint density at radius 1 is 1.37 bits per heavy atom. The molecule has 9 heteroatoms. The lowest BCUT2D eigenvalue weighted by Gasteiger charge is -2.11. The standard InChI is InChI=1S/C18H24N6OS2/c1-4-26-18-22-16(21-12(2)3)14-11-20-24(17(14)23-18)8-7-19-15(25)10-13-6-5-9-27-13/h5-6,9,11-12H,4,7-8,10H2,1-3H3,(H,19,25)(H,21,22,23). The first-order valence-electron chi connectivity index (χ1n) is 8.98. The molecular weight excluding hydrogens is 380 g/mol. The average Bonchev–Trinajstić information content (AvgIpc) is 3.25. The number of fused-ring (bicyclic) bond motifs is 1. The second kappa shape index (κ2) is 9.18. The summed E-state index contributed by atoms with van der Waals surface area (Å²) in [5, 5.41) is 14.4. The van der Waals surface area contributed by atoms with Crippen molar-refractivity contribution < 1.29 is 4.79 Å². The van der Waals surface area contributed by atoms with Gasteiger partial charge in [0.25, 0.3) is 0 Å². The average molecular weight is 405 g/mol. The van der Waals surface area contributed by atoms with E-state index >= 15 is 0 Å². The molecule has 0 unspecified atom stereocenters. The molecule has 0 fully saturated rings. The van der Waals surface area contributed by atoms with Gasteiger partial charge in [-0.05, 0) is 31.0 Å². The van der Waals surface area contributed by atoms with Crippen LogP contribution < -0.4 is 10.6 Å². The Kier molecular flexibility index (Phi) is 6.68. The molecule has 3 aromatic rings. The first kappa shape index (κ1) is 19.6. The van der Waals surface area contributed by atoms with E-state index in [-0.39, 0.29) is 11.9 Å². The van der Waals surface area contributed by atoms with Gasteiger partial charge in [0.15, 0.2) is 10.8 Å². The van der Waals surface area contributed by atoms with Crippen LogP contribution in [0.2, 0.25) is 0 Å². The summed E-state index contributed by atoms with van der Waals surface area (Å²) in [7, 11) is 0. The Morgan fingerprint density at radius 2 is 2.22 bits per heavy atom. The number of nitrogens with zero attached hydrogens (tertiary/aromatic N) is 4. The van der Waals surface area contributed by atoms with Crippen LogP contribution >= 0.6 is 23.1 Å². The Hall–Kier alpha value is -2.13. The molecule has 2 N–H and O–H groups in total. The molecule has 0 bridgehead atoms. The summed E-state index contributed by atoms with van der Waals surface area (Å²) >= 11 is 3.19. The van der Waals surface area contributed by atoms with Gasteiger partial charge in [0, 0.05) is 17.5 Å². The largest absolute Gasteiger partial charge is 0.367 e. The third-order valence-electron chi connectivity index (χ3n) is 3.74. The van der Waals surface area contributed by atoms with Crippen LogP contribution in [0.25, 0.3) is 11.0 Å².